The fourth-order valence-electron chi connectivity index (χ4n) is 2.14. The fourth-order valence-corrected chi connectivity index (χ4v) is 2.14. The maximum absolute atomic E-state index is 5.81. The van der Waals surface area contributed by atoms with Gasteiger partial charge in [-0.05, 0) is 33.1 Å². The van der Waals surface area contributed by atoms with Crippen molar-refractivity contribution in [1.29, 1.82) is 0 Å². The predicted molar refractivity (Wildman–Crippen MR) is 76.5 cm³/mol. The van der Waals surface area contributed by atoms with Crippen molar-refractivity contribution in [2.45, 2.75) is 58.7 Å². The highest BCUT2D eigenvalue weighted by molar-refractivity contribution is 4.96. The lowest BCUT2D eigenvalue weighted by Crippen LogP contribution is -2.46. The van der Waals surface area contributed by atoms with E-state index in [2.05, 4.69) is 25.7 Å². The van der Waals surface area contributed by atoms with Gasteiger partial charge in [0.25, 0.3) is 0 Å². The molecule has 0 aromatic heterocycles. The summed E-state index contributed by atoms with van der Waals surface area (Å²) in [7, 11) is 0. The maximum Gasteiger partial charge on any atom is 0.162 e. The van der Waals surface area contributed by atoms with Gasteiger partial charge in [0.2, 0.25) is 0 Å². The van der Waals surface area contributed by atoms with Crippen molar-refractivity contribution in [3.05, 3.63) is 24.8 Å². The van der Waals surface area contributed by atoms with Crippen LogP contribution in [-0.4, -0.2) is 19.0 Å². The second-order valence-electron chi connectivity index (χ2n) is 5.79. The van der Waals surface area contributed by atoms with E-state index in [0.717, 1.165) is 26.1 Å². The van der Waals surface area contributed by atoms with Crippen molar-refractivity contribution in [2.24, 2.45) is 5.41 Å². The van der Waals surface area contributed by atoms with E-state index >= 15 is 0 Å². The van der Waals surface area contributed by atoms with E-state index in [1.807, 2.05) is 19.9 Å². The third kappa shape index (κ3) is 4.95. The molecule has 0 aromatic rings. The number of hydrogen-bond donors (Lipinski definition) is 0. The zero-order valence-electron chi connectivity index (χ0n) is 12.2. The number of rotatable bonds is 7. The molecule has 0 saturated carbocycles. The van der Waals surface area contributed by atoms with Crippen molar-refractivity contribution in [2.75, 3.05) is 13.2 Å². The van der Waals surface area contributed by atoms with Crippen LogP contribution < -0.4 is 0 Å². The summed E-state index contributed by atoms with van der Waals surface area (Å²) >= 11 is 0. The summed E-state index contributed by atoms with van der Waals surface area (Å²) in [5.74, 6) is -0.434. The third-order valence-corrected chi connectivity index (χ3v) is 3.47. The highest BCUT2D eigenvalue weighted by Gasteiger charge is 2.38. The minimum absolute atomic E-state index is 0.0833. The molecule has 1 rings (SSSR count). The van der Waals surface area contributed by atoms with Gasteiger partial charge in [-0.25, -0.2) is 0 Å². The van der Waals surface area contributed by atoms with E-state index in [1.165, 1.54) is 19.3 Å². The smallest absolute Gasteiger partial charge is 0.162 e. The number of allylic oxidation sites excluding steroid dienone is 3. The van der Waals surface area contributed by atoms with Crippen molar-refractivity contribution >= 4 is 0 Å². The summed E-state index contributed by atoms with van der Waals surface area (Å²) < 4.78 is 11.6. The van der Waals surface area contributed by atoms with E-state index in [1.54, 1.807) is 0 Å². The Morgan fingerprint density at radius 1 is 1.11 bits per heavy atom. The minimum atomic E-state index is -0.434. The monoisotopic (exact) mass is 252 g/mol. The van der Waals surface area contributed by atoms with Crippen LogP contribution in [0.15, 0.2) is 24.8 Å². The Hall–Kier alpha value is -0.600. The molecule has 104 valence electrons. The molecule has 0 aromatic carbocycles. The zero-order chi connectivity index (χ0) is 13.5. The lowest BCUT2D eigenvalue weighted by atomic mass is 9.81. The van der Waals surface area contributed by atoms with Crippen LogP contribution in [0.5, 0.6) is 0 Å². The average molecular weight is 252 g/mol. The Balaban J connectivity index is 2.49. The summed E-state index contributed by atoms with van der Waals surface area (Å²) in [6.45, 7) is 11.5. The molecule has 1 aliphatic rings. The zero-order valence-corrected chi connectivity index (χ0v) is 12.2. The van der Waals surface area contributed by atoms with Gasteiger partial charge < -0.3 is 9.47 Å². The lowest BCUT2D eigenvalue weighted by Gasteiger charge is -2.42. The summed E-state index contributed by atoms with van der Waals surface area (Å²) in [5, 5.41) is 0. The maximum atomic E-state index is 5.81. The molecule has 0 radical (unpaired) electrons. The van der Waals surface area contributed by atoms with E-state index in [4.69, 9.17) is 9.47 Å². The number of hydrogen-bond acceptors (Lipinski definition) is 2. The van der Waals surface area contributed by atoms with Gasteiger partial charge in [-0.3, -0.25) is 0 Å². The first-order valence-corrected chi connectivity index (χ1v) is 7.07. The van der Waals surface area contributed by atoms with Gasteiger partial charge in [-0.2, -0.15) is 0 Å². The van der Waals surface area contributed by atoms with Gasteiger partial charge in [0, 0.05) is 5.41 Å². The molecule has 0 spiro atoms. The Morgan fingerprint density at radius 3 is 2.33 bits per heavy atom. The van der Waals surface area contributed by atoms with Crippen LogP contribution in [-0.2, 0) is 9.47 Å². The highest BCUT2D eigenvalue weighted by Crippen LogP contribution is 2.36. The molecule has 0 atom stereocenters. The molecule has 0 unspecified atom stereocenters. The first-order chi connectivity index (χ1) is 8.54. The van der Waals surface area contributed by atoms with Crippen LogP contribution in [0.1, 0.15) is 52.9 Å². The van der Waals surface area contributed by atoms with Gasteiger partial charge in [-0.15, -0.1) is 6.58 Å². The molecule has 0 amide bonds. The van der Waals surface area contributed by atoms with Gasteiger partial charge in [0.1, 0.15) is 0 Å². The molecule has 0 N–H and O–H groups in total. The molecule has 1 fully saturated rings. The second kappa shape index (κ2) is 7.10. The van der Waals surface area contributed by atoms with Crippen molar-refractivity contribution < 1.29 is 9.47 Å². The summed E-state index contributed by atoms with van der Waals surface area (Å²) in [6.07, 6.45) is 12.2. The molecule has 18 heavy (non-hydrogen) atoms. The van der Waals surface area contributed by atoms with Crippen LogP contribution in [0.2, 0.25) is 0 Å². The largest absolute Gasteiger partial charge is 0.350 e. The summed E-state index contributed by atoms with van der Waals surface area (Å²) in [6, 6.07) is 0. The standard InChI is InChI=1S/C16H28O2/c1-5-7-8-9-10-12-16(11-6-2)13-17-15(3,4)18-14-16/h6,9-10H,2,5,7-8,11-14H2,1,3-4H3/b10-9+. The third-order valence-electron chi connectivity index (χ3n) is 3.47. The van der Waals surface area contributed by atoms with Crippen molar-refractivity contribution in [1.82, 2.24) is 0 Å². The molecular formula is C16H28O2. The summed E-state index contributed by atoms with van der Waals surface area (Å²) in [5.41, 5.74) is 0.0833. The van der Waals surface area contributed by atoms with E-state index in [0.29, 0.717) is 0 Å². The predicted octanol–water partition coefficient (Wildman–Crippen LogP) is 4.47. The van der Waals surface area contributed by atoms with Gasteiger partial charge in [-0.1, -0.05) is 38.0 Å². The molecule has 2 heteroatoms. The molecule has 0 aliphatic carbocycles. The Bertz CT molecular complexity index is 269. The fraction of sp³-hybridized carbons (Fsp3) is 0.750. The van der Waals surface area contributed by atoms with E-state index in [9.17, 15) is 0 Å². The normalized spacial score (nSPS) is 22.2. The second-order valence-corrected chi connectivity index (χ2v) is 5.79. The van der Waals surface area contributed by atoms with Crippen LogP contribution in [0.4, 0.5) is 0 Å². The van der Waals surface area contributed by atoms with Crippen LogP contribution in [0.25, 0.3) is 0 Å². The molecule has 1 aliphatic heterocycles. The summed E-state index contributed by atoms with van der Waals surface area (Å²) in [4.78, 5) is 0. The van der Waals surface area contributed by atoms with Crippen molar-refractivity contribution in [3.63, 3.8) is 0 Å². The van der Waals surface area contributed by atoms with Crippen LogP contribution in [0, 0.1) is 5.41 Å². The Morgan fingerprint density at radius 2 is 1.78 bits per heavy atom. The Labute approximate surface area is 112 Å². The first-order valence-electron chi connectivity index (χ1n) is 7.07. The molecule has 1 saturated heterocycles. The van der Waals surface area contributed by atoms with E-state index < -0.39 is 5.79 Å². The first kappa shape index (κ1) is 15.5. The number of ether oxygens (including phenoxy) is 2. The topological polar surface area (TPSA) is 18.5 Å². The Kier molecular flexibility index (Phi) is 6.10. The van der Waals surface area contributed by atoms with Gasteiger partial charge in [0.05, 0.1) is 13.2 Å². The highest BCUT2D eigenvalue weighted by atomic mass is 16.7. The van der Waals surface area contributed by atoms with Crippen LogP contribution >= 0.6 is 0 Å². The minimum Gasteiger partial charge on any atom is -0.350 e. The molecule has 0 bridgehead atoms. The lowest BCUT2D eigenvalue weighted by molar-refractivity contribution is -0.284. The quantitative estimate of drug-likeness (QED) is 0.491. The van der Waals surface area contributed by atoms with Gasteiger partial charge >= 0.3 is 0 Å². The number of unbranched alkanes of at least 4 members (excludes halogenated alkanes) is 2. The molecule has 1 heterocycles. The van der Waals surface area contributed by atoms with Gasteiger partial charge in [0.15, 0.2) is 5.79 Å². The SMILES string of the molecule is C=CCC1(C/C=C/CCCC)COC(C)(C)OC1. The van der Waals surface area contributed by atoms with Crippen LogP contribution in [0.3, 0.4) is 0 Å². The van der Waals surface area contributed by atoms with Crippen molar-refractivity contribution in [3.8, 4) is 0 Å². The average Bonchev–Trinajstić information content (AvgIpc) is 2.33. The molecule has 2 nitrogen and oxygen atoms in total. The molecular weight excluding hydrogens is 224 g/mol. The van der Waals surface area contributed by atoms with E-state index in [-0.39, 0.29) is 5.41 Å².